The monoisotopic (exact) mass is 441 g/mol. The van der Waals surface area contributed by atoms with Crippen molar-refractivity contribution in [2.75, 3.05) is 0 Å². The molecule has 30 heavy (non-hydrogen) atoms. The molecule has 8 heteroatoms. The molecule has 4 rings (SSSR count). The summed E-state index contributed by atoms with van der Waals surface area (Å²) in [5.74, 6) is 2.32. The molecule has 0 radical (unpaired) electrons. The molecule has 0 aliphatic heterocycles. The fourth-order valence-electron chi connectivity index (χ4n) is 3.43. The predicted octanol–water partition coefficient (Wildman–Crippen LogP) is 5.65. The van der Waals surface area contributed by atoms with Crippen LogP contribution in [0.1, 0.15) is 42.6 Å². The normalized spacial score (nSPS) is 12.4. The van der Waals surface area contributed by atoms with Gasteiger partial charge in [0, 0.05) is 29.7 Å². The fourth-order valence-corrected chi connectivity index (χ4v) is 4.43. The molecule has 6 nitrogen and oxygen atoms in total. The quantitative estimate of drug-likeness (QED) is 0.347. The summed E-state index contributed by atoms with van der Waals surface area (Å²) in [6.45, 7) is 8.81. The molecule has 4 aromatic rings. The highest BCUT2D eigenvalue weighted by Crippen LogP contribution is 2.30. The number of aromatic nitrogens is 5. The number of hydrogen-bond acceptors (Lipinski definition) is 5. The van der Waals surface area contributed by atoms with Crippen molar-refractivity contribution in [1.82, 2.24) is 24.1 Å². The maximum absolute atomic E-state index is 6.27. The Bertz CT molecular complexity index is 1130. The molecule has 0 aliphatic carbocycles. The van der Waals surface area contributed by atoms with Crippen LogP contribution in [0.5, 0.6) is 5.75 Å². The lowest BCUT2D eigenvalue weighted by Crippen LogP contribution is -2.12. The first-order valence-corrected chi connectivity index (χ1v) is 11.2. The van der Waals surface area contributed by atoms with Gasteiger partial charge in [0.25, 0.3) is 0 Å². The van der Waals surface area contributed by atoms with Gasteiger partial charge in [-0.05, 0) is 63.1 Å². The van der Waals surface area contributed by atoms with Crippen molar-refractivity contribution in [3.8, 4) is 5.75 Å². The first-order chi connectivity index (χ1) is 14.5. The molecule has 0 saturated carbocycles. The molecule has 156 valence electrons. The molecule has 1 unspecified atom stereocenters. The Morgan fingerprint density at radius 3 is 2.63 bits per heavy atom. The second-order valence-electron chi connectivity index (χ2n) is 7.20. The van der Waals surface area contributed by atoms with Crippen molar-refractivity contribution in [2.45, 2.75) is 51.3 Å². The van der Waals surface area contributed by atoms with Gasteiger partial charge in [0.2, 0.25) is 0 Å². The average molecular weight is 442 g/mol. The zero-order valence-electron chi connectivity index (χ0n) is 17.5. The molecule has 0 amide bonds. The van der Waals surface area contributed by atoms with Crippen LogP contribution < -0.4 is 4.74 Å². The van der Waals surface area contributed by atoms with Gasteiger partial charge in [-0.1, -0.05) is 29.4 Å². The number of rotatable bonds is 7. The highest BCUT2D eigenvalue weighted by Gasteiger charge is 2.19. The van der Waals surface area contributed by atoms with Gasteiger partial charge in [-0.15, -0.1) is 10.2 Å². The number of nitrogens with zero attached hydrogens (tertiary/aromatic N) is 5. The van der Waals surface area contributed by atoms with Crippen LogP contribution in [0.15, 0.2) is 47.9 Å². The van der Waals surface area contributed by atoms with Crippen molar-refractivity contribution >= 4 is 29.0 Å². The van der Waals surface area contributed by atoms with E-state index in [9.17, 15) is 0 Å². The number of pyridine rings is 1. The van der Waals surface area contributed by atoms with Crippen LogP contribution in [0.3, 0.4) is 0 Å². The van der Waals surface area contributed by atoms with E-state index < -0.39 is 0 Å². The smallest absolute Gasteiger partial charge is 0.191 e. The van der Waals surface area contributed by atoms with Crippen molar-refractivity contribution in [2.24, 2.45) is 0 Å². The highest BCUT2D eigenvalue weighted by molar-refractivity contribution is 7.98. The standard InChI is InChI=1S/C22H24ClN5OS/c1-5-28-21(16(4)29-18-10-14(2)20(23)15(3)11-18)25-26-22(28)30-13-17-12-27-9-7-6-8-19(27)24-17/h6-12,16H,5,13H2,1-4H3. The van der Waals surface area contributed by atoms with Gasteiger partial charge in [-0.25, -0.2) is 4.98 Å². The highest BCUT2D eigenvalue weighted by atomic mass is 35.5. The SMILES string of the molecule is CCn1c(SCc2cn3ccccc3n2)nnc1C(C)Oc1cc(C)c(Cl)c(C)c1. The van der Waals surface area contributed by atoms with Gasteiger partial charge >= 0.3 is 0 Å². The van der Waals surface area contributed by atoms with E-state index in [0.717, 1.165) is 56.5 Å². The topological polar surface area (TPSA) is 57.2 Å². The predicted molar refractivity (Wildman–Crippen MR) is 120 cm³/mol. The second-order valence-corrected chi connectivity index (χ2v) is 8.52. The van der Waals surface area contributed by atoms with E-state index >= 15 is 0 Å². The summed E-state index contributed by atoms with van der Waals surface area (Å²) < 4.78 is 10.3. The Morgan fingerprint density at radius 1 is 1.17 bits per heavy atom. The summed E-state index contributed by atoms with van der Waals surface area (Å²) in [6.07, 6.45) is 3.82. The third-order valence-corrected chi connectivity index (χ3v) is 6.51. The Balaban J connectivity index is 1.49. The number of benzene rings is 1. The lowest BCUT2D eigenvalue weighted by molar-refractivity contribution is 0.209. The van der Waals surface area contributed by atoms with Gasteiger partial charge in [0.05, 0.1) is 5.69 Å². The van der Waals surface area contributed by atoms with E-state index in [1.807, 2.05) is 67.9 Å². The van der Waals surface area contributed by atoms with E-state index in [0.29, 0.717) is 0 Å². The van der Waals surface area contributed by atoms with Gasteiger partial charge in [-0.2, -0.15) is 0 Å². The molecule has 3 heterocycles. The molecule has 0 spiro atoms. The van der Waals surface area contributed by atoms with E-state index in [4.69, 9.17) is 16.3 Å². The zero-order valence-corrected chi connectivity index (χ0v) is 19.0. The van der Waals surface area contributed by atoms with Gasteiger partial charge in [-0.3, -0.25) is 0 Å². The molecule has 1 atom stereocenters. The van der Waals surface area contributed by atoms with Crippen molar-refractivity contribution in [3.05, 3.63) is 70.4 Å². The summed E-state index contributed by atoms with van der Waals surface area (Å²) in [6, 6.07) is 9.90. The van der Waals surface area contributed by atoms with E-state index in [1.165, 1.54) is 0 Å². The number of fused-ring (bicyclic) bond motifs is 1. The molecule has 0 saturated heterocycles. The van der Waals surface area contributed by atoms with Gasteiger partial charge in [0.15, 0.2) is 17.1 Å². The third-order valence-electron chi connectivity index (χ3n) is 4.91. The van der Waals surface area contributed by atoms with Gasteiger partial charge < -0.3 is 13.7 Å². The molecule has 0 bridgehead atoms. The third kappa shape index (κ3) is 4.18. The summed E-state index contributed by atoms with van der Waals surface area (Å²) in [4.78, 5) is 4.65. The van der Waals surface area contributed by atoms with Crippen molar-refractivity contribution in [1.29, 1.82) is 0 Å². The van der Waals surface area contributed by atoms with E-state index in [2.05, 4.69) is 26.7 Å². The molecule has 0 fully saturated rings. The Kier molecular flexibility index (Phi) is 6.01. The lowest BCUT2D eigenvalue weighted by Gasteiger charge is -2.17. The maximum Gasteiger partial charge on any atom is 0.191 e. The Hall–Kier alpha value is -2.51. The zero-order chi connectivity index (χ0) is 21.3. The largest absolute Gasteiger partial charge is 0.483 e. The minimum atomic E-state index is -0.234. The van der Waals surface area contributed by atoms with Crippen molar-refractivity contribution in [3.63, 3.8) is 0 Å². The van der Waals surface area contributed by atoms with Crippen molar-refractivity contribution < 1.29 is 4.74 Å². The molecular formula is C22H24ClN5OS. The lowest BCUT2D eigenvalue weighted by atomic mass is 10.1. The minimum absolute atomic E-state index is 0.234. The molecule has 3 aromatic heterocycles. The summed E-state index contributed by atoms with van der Waals surface area (Å²) in [5, 5.41) is 10.5. The van der Waals surface area contributed by atoms with Crippen LogP contribution in [0.4, 0.5) is 0 Å². The van der Waals surface area contributed by atoms with Crippen LogP contribution in [0.2, 0.25) is 5.02 Å². The van der Waals surface area contributed by atoms with Crippen LogP contribution in [0, 0.1) is 13.8 Å². The molecule has 0 aliphatic rings. The average Bonchev–Trinajstić information content (AvgIpc) is 3.33. The maximum atomic E-state index is 6.27. The fraction of sp³-hybridized carbons (Fsp3) is 0.318. The Labute approximate surface area is 185 Å². The second kappa shape index (κ2) is 8.70. The summed E-state index contributed by atoms with van der Waals surface area (Å²) in [7, 11) is 0. The Morgan fingerprint density at radius 2 is 1.93 bits per heavy atom. The number of thioether (sulfide) groups is 1. The number of halogens is 1. The number of aryl methyl sites for hydroxylation is 2. The number of ether oxygens (including phenoxy) is 1. The minimum Gasteiger partial charge on any atom is -0.483 e. The first kappa shape index (κ1) is 20.8. The molecule has 1 aromatic carbocycles. The first-order valence-electron chi connectivity index (χ1n) is 9.88. The van der Waals surface area contributed by atoms with Gasteiger partial charge in [0.1, 0.15) is 11.4 Å². The van der Waals surface area contributed by atoms with Crippen LogP contribution >= 0.6 is 23.4 Å². The van der Waals surface area contributed by atoms with E-state index in [1.54, 1.807) is 11.8 Å². The van der Waals surface area contributed by atoms with Crippen LogP contribution in [-0.2, 0) is 12.3 Å². The summed E-state index contributed by atoms with van der Waals surface area (Å²) >= 11 is 7.91. The molecular weight excluding hydrogens is 418 g/mol. The van der Waals surface area contributed by atoms with Crippen LogP contribution in [-0.4, -0.2) is 24.1 Å². The van der Waals surface area contributed by atoms with E-state index in [-0.39, 0.29) is 6.10 Å². The van der Waals surface area contributed by atoms with Crippen LogP contribution in [0.25, 0.3) is 5.65 Å². The molecule has 0 N–H and O–H groups in total. The summed E-state index contributed by atoms with van der Waals surface area (Å²) in [5.41, 5.74) is 3.95. The number of imidazole rings is 1. The number of hydrogen-bond donors (Lipinski definition) is 0.